The molecule has 0 amide bonds. The van der Waals surface area contributed by atoms with Gasteiger partial charge in [0.05, 0.1) is 6.21 Å². The van der Waals surface area contributed by atoms with Gasteiger partial charge in [-0.1, -0.05) is 61.0 Å². The van der Waals surface area contributed by atoms with Crippen molar-refractivity contribution in [1.82, 2.24) is 9.91 Å². The molecule has 2 aromatic rings. The molecule has 0 atom stereocenters. The second-order valence-electron chi connectivity index (χ2n) is 6.56. The molecule has 0 aromatic heterocycles. The van der Waals surface area contributed by atoms with E-state index in [4.69, 9.17) is 0 Å². The molecule has 0 aliphatic carbocycles. The van der Waals surface area contributed by atoms with Crippen LogP contribution in [0.1, 0.15) is 29.2 Å². The monoisotopic (exact) mass is 321 g/mol. The highest BCUT2D eigenvalue weighted by Gasteiger charge is 2.15. The summed E-state index contributed by atoms with van der Waals surface area (Å²) in [5, 5.41) is 6.82. The Labute approximate surface area is 145 Å². The Balaban J connectivity index is 1.47. The van der Waals surface area contributed by atoms with Crippen molar-refractivity contribution in [3.05, 3.63) is 70.8 Å². The summed E-state index contributed by atoms with van der Waals surface area (Å²) in [6.45, 7) is 9.48. The number of aryl methyl sites for hydroxylation is 2. The normalized spacial score (nSPS) is 16.0. The molecule has 0 spiro atoms. The van der Waals surface area contributed by atoms with E-state index in [1.807, 2.05) is 6.21 Å². The zero-order chi connectivity index (χ0) is 16.8. The second kappa shape index (κ2) is 8.11. The highest BCUT2D eigenvalue weighted by molar-refractivity contribution is 5.79. The highest BCUT2D eigenvalue weighted by atomic mass is 15.5. The average Bonchev–Trinajstić information content (AvgIpc) is 2.63. The molecular formula is C21H27N3. The van der Waals surface area contributed by atoms with Gasteiger partial charge in [-0.15, -0.1) is 0 Å². The van der Waals surface area contributed by atoms with Crippen molar-refractivity contribution in [1.29, 1.82) is 0 Å². The van der Waals surface area contributed by atoms with Gasteiger partial charge >= 0.3 is 0 Å². The molecule has 0 bridgehead atoms. The van der Waals surface area contributed by atoms with Gasteiger partial charge in [-0.2, -0.15) is 5.10 Å². The summed E-state index contributed by atoms with van der Waals surface area (Å²) in [7, 11) is 0. The maximum absolute atomic E-state index is 4.64. The molecule has 0 unspecified atom stereocenters. The van der Waals surface area contributed by atoms with Crippen LogP contribution in [0.5, 0.6) is 0 Å². The molecule has 3 nitrogen and oxygen atoms in total. The number of rotatable bonds is 5. The summed E-state index contributed by atoms with van der Waals surface area (Å²) in [5.74, 6) is 0. The standard InChI is InChI=1S/C21H27N3/c1-3-19-8-10-20(11-9-19)16-22-24-14-12-23(13-15-24)17-21-6-4-18(2)5-7-21/h4-11,16H,3,12-15,17H2,1-2H3/b22-16+. The van der Waals surface area contributed by atoms with Gasteiger partial charge in [-0.05, 0) is 30.0 Å². The highest BCUT2D eigenvalue weighted by Crippen LogP contribution is 2.10. The fourth-order valence-electron chi connectivity index (χ4n) is 2.95. The van der Waals surface area contributed by atoms with Gasteiger partial charge in [-0.25, -0.2) is 0 Å². The van der Waals surface area contributed by atoms with Crippen molar-refractivity contribution in [3.8, 4) is 0 Å². The van der Waals surface area contributed by atoms with Crippen LogP contribution in [0.15, 0.2) is 53.6 Å². The minimum atomic E-state index is 0.995. The van der Waals surface area contributed by atoms with Crippen LogP contribution in [0.4, 0.5) is 0 Å². The SMILES string of the molecule is CCc1ccc(/C=N/N2CCN(Cc3ccc(C)cc3)CC2)cc1. The minimum absolute atomic E-state index is 0.995. The predicted molar refractivity (Wildman–Crippen MR) is 101 cm³/mol. The largest absolute Gasteiger partial charge is 0.295 e. The fourth-order valence-corrected chi connectivity index (χ4v) is 2.95. The Hall–Kier alpha value is -2.13. The van der Waals surface area contributed by atoms with Gasteiger partial charge in [0.15, 0.2) is 0 Å². The van der Waals surface area contributed by atoms with Gasteiger partial charge in [0.1, 0.15) is 0 Å². The van der Waals surface area contributed by atoms with E-state index in [9.17, 15) is 0 Å². The number of nitrogens with zero attached hydrogens (tertiary/aromatic N) is 3. The summed E-state index contributed by atoms with van der Waals surface area (Å²) in [4.78, 5) is 2.51. The van der Waals surface area contributed by atoms with Gasteiger partial charge in [-0.3, -0.25) is 9.91 Å². The summed E-state index contributed by atoms with van der Waals surface area (Å²) >= 11 is 0. The minimum Gasteiger partial charge on any atom is -0.295 e. The Morgan fingerprint density at radius 3 is 2.12 bits per heavy atom. The summed E-state index contributed by atoms with van der Waals surface area (Å²) in [6.07, 6.45) is 3.06. The Kier molecular flexibility index (Phi) is 5.65. The van der Waals surface area contributed by atoms with E-state index in [-0.39, 0.29) is 0 Å². The third-order valence-corrected chi connectivity index (χ3v) is 4.63. The molecular weight excluding hydrogens is 294 g/mol. The smallest absolute Gasteiger partial charge is 0.0542 e. The molecule has 2 aromatic carbocycles. The van der Waals surface area contributed by atoms with Gasteiger partial charge in [0, 0.05) is 32.7 Å². The zero-order valence-electron chi connectivity index (χ0n) is 14.8. The van der Waals surface area contributed by atoms with Crippen LogP contribution in [0.3, 0.4) is 0 Å². The molecule has 1 aliphatic heterocycles. The first kappa shape index (κ1) is 16.7. The molecule has 3 rings (SSSR count). The van der Waals surface area contributed by atoms with Crippen molar-refractivity contribution in [2.45, 2.75) is 26.8 Å². The van der Waals surface area contributed by atoms with E-state index in [0.717, 1.165) is 39.1 Å². The first-order chi connectivity index (χ1) is 11.7. The molecule has 0 N–H and O–H groups in total. The van der Waals surface area contributed by atoms with E-state index in [1.54, 1.807) is 0 Å². The second-order valence-corrected chi connectivity index (χ2v) is 6.56. The van der Waals surface area contributed by atoms with Crippen molar-refractivity contribution in [2.75, 3.05) is 26.2 Å². The third-order valence-electron chi connectivity index (χ3n) is 4.63. The van der Waals surface area contributed by atoms with Gasteiger partial charge in [0.25, 0.3) is 0 Å². The number of hydrogen-bond donors (Lipinski definition) is 0. The molecule has 0 saturated carbocycles. The quantitative estimate of drug-likeness (QED) is 0.782. The van der Waals surface area contributed by atoms with Crippen molar-refractivity contribution >= 4 is 6.21 Å². The number of benzene rings is 2. The van der Waals surface area contributed by atoms with E-state index in [1.165, 1.54) is 22.3 Å². The molecule has 1 saturated heterocycles. The van der Waals surface area contributed by atoms with E-state index in [2.05, 4.69) is 77.4 Å². The van der Waals surface area contributed by atoms with Crippen LogP contribution in [0.25, 0.3) is 0 Å². The molecule has 1 heterocycles. The average molecular weight is 321 g/mol. The number of hydrogen-bond acceptors (Lipinski definition) is 3. The van der Waals surface area contributed by atoms with Crippen LogP contribution in [-0.4, -0.2) is 42.3 Å². The van der Waals surface area contributed by atoms with Crippen LogP contribution < -0.4 is 0 Å². The molecule has 3 heteroatoms. The lowest BCUT2D eigenvalue weighted by Crippen LogP contribution is -2.43. The molecule has 0 radical (unpaired) electrons. The lowest BCUT2D eigenvalue weighted by molar-refractivity contribution is 0.131. The molecule has 1 aliphatic rings. The first-order valence-electron chi connectivity index (χ1n) is 8.88. The summed E-state index contributed by atoms with van der Waals surface area (Å²) in [5.41, 5.74) is 5.27. The Morgan fingerprint density at radius 1 is 0.875 bits per heavy atom. The number of hydrazone groups is 1. The first-order valence-corrected chi connectivity index (χ1v) is 8.88. The van der Waals surface area contributed by atoms with Gasteiger partial charge < -0.3 is 0 Å². The van der Waals surface area contributed by atoms with Crippen molar-refractivity contribution in [3.63, 3.8) is 0 Å². The van der Waals surface area contributed by atoms with Crippen LogP contribution in [0.2, 0.25) is 0 Å². The van der Waals surface area contributed by atoms with Crippen LogP contribution in [0, 0.1) is 6.92 Å². The predicted octanol–water partition coefficient (Wildman–Crippen LogP) is 3.71. The fraction of sp³-hybridized carbons (Fsp3) is 0.381. The lowest BCUT2D eigenvalue weighted by Gasteiger charge is -2.33. The molecule has 24 heavy (non-hydrogen) atoms. The summed E-state index contributed by atoms with van der Waals surface area (Å²) in [6, 6.07) is 17.5. The third kappa shape index (κ3) is 4.68. The zero-order valence-corrected chi connectivity index (χ0v) is 14.8. The molecule has 126 valence electrons. The van der Waals surface area contributed by atoms with Crippen LogP contribution >= 0.6 is 0 Å². The van der Waals surface area contributed by atoms with Crippen molar-refractivity contribution in [2.24, 2.45) is 5.10 Å². The van der Waals surface area contributed by atoms with E-state index in [0.29, 0.717) is 0 Å². The maximum Gasteiger partial charge on any atom is 0.0542 e. The van der Waals surface area contributed by atoms with E-state index >= 15 is 0 Å². The Morgan fingerprint density at radius 2 is 1.50 bits per heavy atom. The Bertz CT molecular complexity index is 650. The maximum atomic E-state index is 4.64. The topological polar surface area (TPSA) is 18.8 Å². The van der Waals surface area contributed by atoms with E-state index < -0.39 is 0 Å². The molecule has 1 fully saturated rings. The lowest BCUT2D eigenvalue weighted by atomic mass is 10.1. The number of piperazine rings is 1. The van der Waals surface area contributed by atoms with Crippen LogP contribution in [-0.2, 0) is 13.0 Å². The van der Waals surface area contributed by atoms with Gasteiger partial charge in [0.2, 0.25) is 0 Å². The van der Waals surface area contributed by atoms with Crippen molar-refractivity contribution < 1.29 is 0 Å². The summed E-state index contributed by atoms with van der Waals surface area (Å²) < 4.78 is 0.